The molecule has 0 unspecified atom stereocenters. The number of rotatable bonds is 0. The van der Waals surface area contributed by atoms with Crippen LogP contribution in [0.2, 0.25) is 0 Å². The molecule has 2 nitrogen and oxygen atoms in total. The van der Waals surface area contributed by atoms with E-state index in [-0.39, 0.29) is 5.54 Å². The smallest absolute Gasteiger partial charge is 0.151 e. The highest BCUT2D eigenvalue weighted by atomic mass is 19.1. The fourth-order valence-electron chi connectivity index (χ4n) is 2.79. The van der Waals surface area contributed by atoms with Crippen molar-refractivity contribution in [1.82, 2.24) is 0 Å². The maximum absolute atomic E-state index is 13.5. The number of hydrogen-bond donors (Lipinski definition) is 2. The molecule has 0 radical (unpaired) electrons. The van der Waals surface area contributed by atoms with Crippen molar-refractivity contribution in [3.05, 3.63) is 23.8 Å². The first-order chi connectivity index (χ1) is 7.69. The average Bonchev–Trinajstić information content (AvgIpc) is 2.65. The van der Waals surface area contributed by atoms with E-state index in [9.17, 15) is 8.78 Å². The normalized spacial score (nSPS) is 21.4. The minimum Gasteiger partial charge on any atom is -0.379 e. The van der Waals surface area contributed by atoms with Gasteiger partial charge in [0.25, 0.3) is 0 Å². The monoisotopic (exact) mass is 224 g/mol. The van der Waals surface area contributed by atoms with Gasteiger partial charge in [0.2, 0.25) is 0 Å². The van der Waals surface area contributed by atoms with E-state index >= 15 is 0 Å². The predicted octanol–water partition coefficient (Wildman–Crippen LogP) is 3.12. The minimum atomic E-state index is -0.527. The summed E-state index contributed by atoms with van der Waals surface area (Å²) in [6.45, 7) is 0.725. The van der Waals surface area contributed by atoms with E-state index in [0.717, 1.165) is 25.5 Å². The predicted molar refractivity (Wildman–Crippen MR) is 59.7 cm³/mol. The Morgan fingerprint density at radius 3 is 2.62 bits per heavy atom. The van der Waals surface area contributed by atoms with Gasteiger partial charge >= 0.3 is 0 Å². The Labute approximate surface area is 93.0 Å². The molecule has 0 amide bonds. The lowest BCUT2D eigenvalue weighted by atomic mass is 9.94. The second-order valence-corrected chi connectivity index (χ2v) is 4.78. The maximum Gasteiger partial charge on any atom is 0.151 e. The van der Waals surface area contributed by atoms with Gasteiger partial charge in [-0.25, -0.2) is 8.78 Å². The Morgan fingerprint density at radius 2 is 1.88 bits per heavy atom. The van der Waals surface area contributed by atoms with Crippen LogP contribution in [0.3, 0.4) is 0 Å². The van der Waals surface area contributed by atoms with Gasteiger partial charge in [0, 0.05) is 12.6 Å². The van der Waals surface area contributed by atoms with E-state index in [2.05, 4.69) is 10.6 Å². The van der Waals surface area contributed by atoms with Crippen LogP contribution < -0.4 is 10.6 Å². The summed E-state index contributed by atoms with van der Waals surface area (Å²) in [5.41, 5.74) is 0.970. The van der Waals surface area contributed by atoms with Crippen molar-refractivity contribution >= 4 is 11.4 Å². The Balaban J connectivity index is 1.99. The van der Waals surface area contributed by atoms with E-state index in [1.54, 1.807) is 0 Å². The van der Waals surface area contributed by atoms with Crippen molar-refractivity contribution in [1.29, 1.82) is 0 Å². The highest BCUT2D eigenvalue weighted by molar-refractivity contribution is 5.73. The number of halogens is 2. The van der Waals surface area contributed by atoms with Crippen molar-refractivity contribution in [3.8, 4) is 0 Å². The van der Waals surface area contributed by atoms with Gasteiger partial charge in [0.15, 0.2) is 5.82 Å². The van der Waals surface area contributed by atoms with Gasteiger partial charge < -0.3 is 10.6 Å². The molecule has 1 spiro atoms. The Kier molecular flexibility index (Phi) is 2.06. The largest absolute Gasteiger partial charge is 0.379 e. The van der Waals surface area contributed by atoms with Crippen molar-refractivity contribution in [3.63, 3.8) is 0 Å². The van der Waals surface area contributed by atoms with Crippen LogP contribution in [-0.4, -0.2) is 12.1 Å². The van der Waals surface area contributed by atoms with Crippen LogP contribution in [0.25, 0.3) is 0 Å². The fraction of sp³-hybridized carbons (Fsp3) is 0.500. The number of fused-ring (bicyclic) bond motifs is 1. The molecule has 0 saturated heterocycles. The molecule has 86 valence electrons. The van der Waals surface area contributed by atoms with E-state index in [1.807, 2.05) is 0 Å². The van der Waals surface area contributed by atoms with E-state index < -0.39 is 11.6 Å². The van der Waals surface area contributed by atoms with Gasteiger partial charge in [0.1, 0.15) is 5.82 Å². The Morgan fingerprint density at radius 1 is 1.12 bits per heavy atom. The molecule has 2 N–H and O–H groups in total. The van der Waals surface area contributed by atoms with Crippen LogP contribution in [0, 0.1) is 11.6 Å². The summed E-state index contributed by atoms with van der Waals surface area (Å²) in [4.78, 5) is 0. The first-order valence-electron chi connectivity index (χ1n) is 5.70. The molecule has 0 atom stereocenters. The topological polar surface area (TPSA) is 24.1 Å². The van der Waals surface area contributed by atoms with Gasteiger partial charge in [-0.3, -0.25) is 0 Å². The first-order valence-corrected chi connectivity index (χ1v) is 5.70. The SMILES string of the molecule is Fc1cc(F)c2c(c1)NC1(CCCC1)CN2. The minimum absolute atomic E-state index is 0.00718. The summed E-state index contributed by atoms with van der Waals surface area (Å²) in [6.07, 6.45) is 4.50. The molecule has 2 aliphatic rings. The van der Waals surface area contributed by atoms with E-state index in [1.165, 1.54) is 18.9 Å². The molecule has 0 bridgehead atoms. The number of hydrogen-bond acceptors (Lipinski definition) is 2. The van der Waals surface area contributed by atoms with Crippen LogP contribution in [-0.2, 0) is 0 Å². The molecule has 3 rings (SSSR count). The lowest BCUT2D eigenvalue weighted by molar-refractivity contribution is 0.493. The van der Waals surface area contributed by atoms with Crippen LogP contribution in [0.5, 0.6) is 0 Å². The van der Waals surface area contributed by atoms with Crippen molar-refractivity contribution in [2.24, 2.45) is 0 Å². The first kappa shape index (κ1) is 9.87. The molecule has 4 heteroatoms. The number of nitrogens with one attached hydrogen (secondary N) is 2. The molecule has 1 saturated carbocycles. The molecule has 16 heavy (non-hydrogen) atoms. The zero-order valence-electron chi connectivity index (χ0n) is 8.95. The fourth-order valence-corrected chi connectivity index (χ4v) is 2.79. The maximum atomic E-state index is 13.5. The Hall–Kier alpha value is -1.32. The third-order valence-electron chi connectivity index (χ3n) is 3.62. The lowest BCUT2D eigenvalue weighted by Crippen LogP contribution is -2.45. The van der Waals surface area contributed by atoms with Gasteiger partial charge in [-0.1, -0.05) is 12.8 Å². The molecule has 1 aliphatic carbocycles. The van der Waals surface area contributed by atoms with Gasteiger partial charge in [-0.2, -0.15) is 0 Å². The van der Waals surface area contributed by atoms with Crippen LogP contribution in [0.4, 0.5) is 20.2 Å². The van der Waals surface area contributed by atoms with E-state index in [0.29, 0.717) is 11.4 Å². The molecular weight excluding hydrogens is 210 g/mol. The molecule has 1 fully saturated rings. The molecular formula is C12H14F2N2. The zero-order valence-corrected chi connectivity index (χ0v) is 8.95. The van der Waals surface area contributed by atoms with Crippen LogP contribution in [0.15, 0.2) is 12.1 Å². The highest BCUT2D eigenvalue weighted by Crippen LogP contribution is 2.40. The van der Waals surface area contributed by atoms with Gasteiger partial charge in [-0.15, -0.1) is 0 Å². The van der Waals surface area contributed by atoms with Crippen molar-refractivity contribution < 1.29 is 8.78 Å². The lowest BCUT2D eigenvalue weighted by Gasteiger charge is -2.37. The second-order valence-electron chi connectivity index (χ2n) is 4.78. The quantitative estimate of drug-likeness (QED) is 0.707. The van der Waals surface area contributed by atoms with E-state index in [4.69, 9.17) is 0 Å². The summed E-state index contributed by atoms with van der Waals surface area (Å²) in [6, 6.07) is 2.28. The summed E-state index contributed by atoms with van der Waals surface area (Å²) < 4.78 is 26.6. The third kappa shape index (κ3) is 1.44. The van der Waals surface area contributed by atoms with Gasteiger partial charge in [0.05, 0.1) is 16.9 Å². The Bertz CT molecular complexity index is 425. The average molecular weight is 224 g/mol. The highest BCUT2D eigenvalue weighted by Gasteiger charge is 2.37. The van der Waals surface area contributed by atoms with Crippen molar-refractivity contribution in [2.45, 2.75) is 31.2 Å². The summed E-state index contributed by atoms with van der Waals surface area (Å²) in [5, 5.41) is 6.40. The number of benzene rings is 1. The van der Waals surface area contributed by atoms with Crippen LogP contribution in [0.1, 0.15) is 25.7 Å². The molecule has 1 aromatic carbocycles. The van der Waals surface area contributed by atoms with Crippen LogP contribution >= 0.6 is 0 Å². The summed E-state index contributed by atoms with van der Waals surface area (Å²) >= 11 is 0. The van der Waals surface area contributed by atoms with Crippen molar-refractivity contribution in [2.75, 3.05) is 17.2 Å². The summed E-state index contributed by atoms with van der Waals surface area (Å²) in [5.74, 6) is -1.05. The molecule has 1 aromatic rings. The second kappa shape index (κ2) is 3.34. The third-order valence-corrected chi connectivity index (χ3v) is 3.62. The summed E-state index contributed by atoms with van der Waals surface area (Å²) in [7, 11) is 0. The zero-order chi connectivity index (χ0) is 11.2. The standard InChI is InChI=1S/C12H14F2N2/c13-8-5-9(14)11-10(6-8)16-12(7-15-11)3-1-2-4-12/h5-6,15-16H,1-4,7H2. The number of anilines is 2. The van der Waals surface area contributed by atoms with Gasteiger partial charge in [-0.05, 0) is 18.9 Å². The molecule has 1 heterocycles. The molecule has 1 aliphatic heterocycles. The molecule has 0 aromatic heterocycles.